The lowest BCUT2D eigenvalue weighted by molar-refractivity contribution is -0.267. The fourth-order valence-corrected chi connectivity index (χ4v) is 2.82. The van der Waals surface area contributed by atoms with E-state index in [1.807, 2.05) is 0 Å². The van der Waals surface area contributed by atoms with Crippen molar-refractivity contribution in [1.29, 1.82) is 0 Å². The summed E-state index contributed by atoms with van der Waals surface area (Å²) in [5.41, 5.74) is -3.15. The van der Waals surface area contributed by atoms with E-state index >= 15 is 0 Å². The van der Waals surface area contributed by atoms with Gasteiger partial charge in [0.15, 0.2) is 11.4 Å². The molecule has 3 rings (SSSR count). The van der Waals surface area contributed by atoms with Crippen LogP contribution in [0.25, 0.3) is 11.3 Å². The fraction of sp³-hybridized carbons (Fsp3) is 0.333. The average molecular weight is 325 g/mol. The summed E-state index contributed by atoms with van der Waals surface area (Å²) in [5.74, 6) is -0.992. The van der Waals surface area contributed by atoms with Crippen molar-refractivity contribution in [2.24, 2.45) is 0 Å². The number of hydrogen-bond donors (Lipinski definition) is 2. The predicted octanol–water partition coefficient (Wildman–Crippen LogP) is 2.58. The number of H-pyrrole nitrogens is 1. The van der Waals surface area contributed by atoms with Crippen molar-refractivity contribution in [3.63, 3.8) is 0 Å². The van der Waals surface area contributed by atoms with E-state index in [1.165, 1.54) is 0 Å². The van der Waals surface area contributed by atoms with Crippen LogP contribution in [-0.2, 0) is 10.4 Å². The average Bonchev–Trinajstić information content (AvgIpc) is 2.93. The predicted molar refractivity (Wildman–Crippen MR) is 76.6 cm³/mol. The zero-order valence-electron chi connectivity index (χ0n) is 12.2. The topological polar surface area (TPSA) is 69.2 Å². The molecule has 2 N–H and O–H groups in total. The maximum atomic E-state index is 13.5. The number of fused-ring (bicyclic) bond motifs is 1. The number of hydrogen-bond acceptors (Lipinski definition) is 3. The second-order valence-corrected chi connectivity index (χ2v) is 5.34. The standard InChI is InChI=1S/C15H14F3N3O2/c1-2-21-10(22)8-14(23,15(16,17)18)11-12(19-20-13(11)21)9-6-4-3-5-7-9/h3-7,23H,2,8H2,1H3,(H,19,20). The lowest BCUT2D eigenvalue weighted by atomic mass is 9.84. The Bertz CT molecular complexity index is 742. The smallest absolute Gasteiger partial charge is 0.376 e. The number of aromatic nitrogens is 2. The van der Waals surface area contributed by atoms with Crippen LogP contribution >= 0.6 is 0 Å². The van der Waals surface area contributed by atoms with Crippen molar-refractivity contribution < 1.29 is 23.1 Å². The van der Waals surface area contributed by atoms with E-state index in [1.54, 1.807) is 37.3 Å². The highest BCUT2D eigenvalue weighted by Crippen LogP contribution is 2.51. The number of aromatic amines is 1. The zero-order valence-corrected chi connectivity index (χ0v) is 12.2. The number of alkyl halides is 3. The van der Waals surface area contributed by atoms with Crippen LogP contribution in [0.15, 0.2) is 30.3 Å². The van der Waals surface area contributed by atoms with Gasteiger partial charge in [-0.05, 0) is 6.92 Å². The van der Waals surface area contributed by atoms with Gasteiger partial charge >= 0.3 is 6.18 Å². The van der Waals surface area contributed by atoms with Gasteiger partial charge in [0, 0.05) is 12.1 Å². The molecule has 1 amide bonds. The monoisotopic (exact) mass is 325 g/mol. The summed E-state index contributed by atoms with van der Waals surface area (Å²) in [6.07, 6.45) is -6.05. The van der Waals surface area contributed by atoms with Gasteiger partial charge < -0.3 is 5.11 Å². The molecule has 2 aromatic rings. The number of aliphatic hydroxyl groups is 1. The van der Waals surface area contributed by atoms with Crippen LogP contribution < -0.4 is 4.90 Å². The fourth-order valence-electron chi connectivity index (χ4n) is 2.82. The molecule has 23 heavy (non-hydrogen) atoms. The van der Waals surface area contributed by atoms with Crippen LogP contribution in [0, 0.1) is 0 Å². The maximum Gasteiger partial charge on any atom is 0.422 e. The van der Waals surface area contributed by atoms with Crippen LogP contribution in [0.4, 0.5) is 19.0 Å². The molecule has 5 nitrogen and oxygen atoms in total. The number of carbonyl (C=O) groups is 1. The number of rotatable bonds is 2. The summed E-state index contributed by atoms with van der Waals surface area (Å²) < 4.78 is 40.6. The Hall–Kier alpha value is -2.35. The second-order valence-electron chi connectivity index (χ2n) is 5.34. The Labute approximate surface area is 129 Å². The second kappa shape index (κ2) is 5.09. The van der Waals surface area contributed by atoms with E-state index in [0.29, 0.717) is 5.56 Å². The Morgan fingerprint density at radius 1 is 1.35 bits per heavy atom. The van der Waals surface area contributed by atoms with E-state index in [4.69, 9.17) is 0 Å². The molecular weight excluding hydrogens is 311 g/mol. The summed E-state index contributed by atoms with van der Waals surface area (Å²) in [5, 5.41) is 16.7. The first-order chi connectivity index (χ1) is 10.8. The molecule has 1 aromatic carbocycles. The Kier molecular flexibility index (Phi) is 3.44. The summed E-state index contributed by atoms with van der Waals surface area (Å²) in [4.78, 5) is 13.1. The molecule has 1 unspecified atom stereocenters. The van der Waals surface area contributed by atoms with Gasteiger partial charge in [0.1, 0.15) is 0 Å². The van der Waals surface area contributed by atoms with Gasteiger partial charge in [0.2, 0.25) is 5.91 Å². The summed E-state index contributed by atoms with van der Waals surface area (Å²) in [6.45, 7) is 1.80. The molecule has 0 bridgehead atoms. The third-order valence-corrected chi connectivity index (χ3v) is 3.97. The highest BCUT2D eigenvalue weighted by atomic mass is 19.4. The number of benzene rings is 1. The molecule has 0 saturated carbocycles. The highest BCUT2D eigenvalue weighted by molar-refractivity contribution is 5.98. The van der Waals surface area contributed by atoms with Gasteiger partial charge in [0.05, 0.1) is 17.7 Å². The van der Waals surface area contributed by atoms with Gasteiger partial charge in [-0.15, -0.1) is 0 Å². The molecule has 0 saturated heterocycles. The van der Waals surface area contributed by atoms with E-state index < -0.39 is 29.7 Å². The summed E-state index contributed by atoms with van der Waals surface area (Å²) in [6, 6.07) is 8.28. The normalized spacial score (nSPS) is 21.4. The Balaban J connectivity index is 2.28. The van der Waals surface area contributed by atoms with Crippen molar-refractivity contribution in [3.05, 3.63) is 35.9 Å². The van der Waals surface area contributed by atoms with Crippen LogP contribution in [0.5, 0.6) is 0 Å². The molecule has 1 aliphatic heterocycles. The number of amides is 1. The number of anilines is 1. The molecule has 0 fully saturated rings. The molecule has 0 aliphatic carbocycles. The molecule has 1 aromatic heterocycles. The van der Waals surface area contributed by atoms with Crippen molar-refractivity contribution in [2.45, 2.75) is 25.1 Å². The van der Waals surface area contributed by atoms with Crippen LogP contribution in [-0.4, -0.2) is 33.9 Å². The van der Waals surface area contributed by atoms with Gasteiger partial charge in [-0.25, -0.2) is 0 Å². The Morgan fingerprint density at radius 3 is 2.57 bits per heavy atom. The number of carbonyl (C=O) groups excluding carboxylic acids is 1. The number of halogens is 3. The lowest BCUT2D eigenvalue weighted by Crippen LogP contribution is -2.51. The van der Waals surface area contributed by atoms with Gasteiger partial charge in [-0.2, -0.15) is 18.3 Å². The third kappa shape index (κ3) is 2.21. The summed E-state index contributed by atoms with van der Waals surface area (Å²) in [7, 11) is 0. The first kappa shape index (κ1) is 15.5. The molecule has 0 spiro atoms. The Morgan fingerprint density at radius 2 is 2.00 bits per heavy atom. The van der Waals surface area contributed by atoms with Crippen LogP contribution in [0.3, 0.4) is 0 Å². The van der Waals surface area contributed by atoms with Crippen molar-refractivity contribution in [2.75, 3.05) is 11.4 Å². The van der Waals surface area contributed by atoms with E-state index in [-0.39, 0.29) is 18.1 Å². The minimum absolute atomic E-state index is 0.0615. The van der Waals surface area contributed by atoms with Gasteiger partial charge in [-0.3, -0.25) is 14.8 Å². The van der Waals surface area contributed by atoms with Gasteiger partial charge in [0.25, 0.3) is 0 Å². The van der Waals surface area contributed by atoms with Crippen molar-refractivity contribution in [1.82, 2.24) is 10.2 Å². The molecule has 1 atom stereocenters. The SMILES string of the molecule is CCN1C(=O)CC(O)(C(F)(F)F)c2c1n[nH]c2-c1ccccc1. The lowest BCUT2D eigenvalue weighted by Gasteiger charge is -2.37. The minimum Gasteiger partial charge on any atom is -0.376 e. The van der Waals surface area contributed by atoms with Crippen LogP contribution in [0.1, 0.15) is 18.9 Å². The van der Waals surface area contributed by atoms with E-state index in [2.05, 4.69) is 10.2 Å². The number of nitrogens with one attached hydrogen (secondary N) is 1. The zero-order chi connectivity index (χ0) is 16.8. The molecule has 1 aliphatic rings. The quantitative estimate of drug-likeness (QED) is 0.892. The van der Waals surface area contributed by atoms with Crippen molar-refractivity contribution >= 4 is 11.7 Å². The largest absolute Gasteiger partial charge is 0.422 e. The van der Waals surface area contributed by atoms with Gasteiger partial charge in [-0.1, -0.05) is 30.3 Å². The van der Waals surface area contributed by atoms with E-state index in [9.17, 15) is 23.1 Å². The summed E-state index contributed by atoms with van der Waals surface area (Å²) >= 11 is 0. The first-order valence-electron chi connectivity index (χ1n) is 7.03. The molecule has 8 heteroatoms. The first-order valence-corrected chi connectivity index (χ1v) is 7.03. The van der Waals surface area contributed by atoms with Crippen LogP contribution in [0.2, 0.25) is 0 Å². The van der Waals surface area contributed by atoms with Crippen molar-refractivity contribution in [3.8, 4) is 11.3 Å². The maximum absolute atomic E-state index is 13.5. The molecular formula is C15H14F3N3O2. The molecule has 122 valence electrons. The highest BCUT2D eigenvalue weighted by Gasteiger charge is 2.61. The third-order valence-electron chi connectivity index (χ3n) is 3.97. The minimum atomic E-state index is -5.00. The molecule has 0 radical (unpaired) electrons. The van der Waals surface area contributed by atoms with E-state index in [0.717, 1.165) is 4.90 Å². The number of nitrogens with zero attached hydrogens (tertiary/aromatic N) is 2. The molecule has 2 heterocycles.